The maximum Gasteiger partial charge on any atom is 0.0710 e. The smallest absolute Gasteiger partial charge is 0.0710 e. The van der Waals surface area contributed by atoms with E-state index in [1.54, 1.807) is 0 Å². The summed E-state index contributed by atoms with van der Waals surface area (Å²) in [6, 6.07) is 21.9. The first-order chi connectivity index (χ1) is 12.3. The van der Waals surface area contributed by atoms with E-state index < -0.39 is 0 Å². The zero-order valence-electron chi connectivity index (χ0n) is 14.9. The largest absolute Gasteiger partial charge is 0.256 e. The number of aromatic nitrogens is 1. The number of benzene rings is 2. The molecule has 1 saturated carbocycles. The molecule has 1 fully saturated rings. The van der Waals surface area contributed by atoms with Crippen LogP contribution in [0.5, 0.6) is 0 Å². The first-order valence-corrected chi connectivity index (χ1v) is 9.41. The normalized spacial score (nSPS) is 14.8. The molecule has 1 aromatic heterocycles. The van der Waals surface area contributed by atoms with Gasteiger partial charge in [0, 0.05) is 11.8 Å². The van der Waals surface area contributed by atoms with E-state index in [1.165, 1.54) is 59.9 Å². The summed E-state index contributed by atoms with van der Waals surface area (Å²) in [5.74, 6) is 0.902. The quantitative estimate of drug-likeness (QED) is 0.536. The Morgan fingerprint density at radius 1 is 0.880 bits per heavy atom. The highest BCUT2D eigenvalue weighted by Gasteiger charge is 2.15. The fraction of sp³-hybridized carbons (Fsp3) is 0.292. The van der Waals surface area contributed by atoms with Crippen LogP contribution in [-0.4, -0.2) is 4.98 Å². The lowest BCUT2D eigenvalue weighted by atomic mass is 9.95. The van der Waals surface area contributed by atoms with Crippen LogP contribution in [0.2, 0.25) is 0 Å². The van der Waals surface area contributed by atoms with Crippen molar-refractivity contribution < 1.29 is 0 Å². The second-order valence-electron chi connectivity index (χ2n) is 7.30. The molecule has 0 unspecified atom stereocenters. The summed E-state index contributed by atoms with van der Waals surface area (Å²) in [5.41, 5.74) is 7.50. The number of rotatable bonds is 4. The Kier molecular flexibility index (Phi) is 4.65. The summed E-state index contributed by atoms with van der Waals surface area (Å²) in [5, 5.41) is 0. The summed E-state index contributed by atoms with van der Waals surface area (Å²) in [6.07, 6.45) is 8.81. The molecule has 0 saturated heterocycles. The zero-order chi connectivity index (χ0) is 17.1. The van der Waals surface area contributed by atoms with Crippen LogP contribution in [0.3, 0.4) is 0 Å². The maximum atomic E-state index is 4.58. The molecular weight excluding hydrogens is 302 g/mol. The van der Waals surface area contributed by atoms with Gasteiger partial charge in [0.1, 0.15) is 0 Å². The molecule has 1 heterocycles. The first-order valence-electron chi connectivity index (χ1n) is 9.41. The average Bonchev–Trinajstić information content (AvgIpc) is 3.16. The molecule has 0 radical (unpaired) electrons. The lowest BCUT2D eigenvalue weighted by Gasteiger charge is -2.10. The van der Waals surface area contributed by atoms with E-state index >= 15 is 0 Å². The van der Waals surface area contributed by atoms with Crippen LogP contribution < -0.4 is 0 Å². The molecule has 1 aliphatic rings. The molecule has 0 amide bonds. The lowest BCUT2D eigenvalue weighted by Crippen LogP contribution is -1.98. The Morgan fingerprint density at radius 2 is 1.64 bits per heavy atom. The van der Waals surface area contributed by atoms with Crippen LogP contribution in [-0.2, 0) is 6.42 Å². The van der Waals surface area contributed by atoms with Gasteiger partial charge in [-0.1, -0.05) is 74.2 Å². The molecule has 0 spiro atoms. The molecule has 3 aromatic rings. The molecule has 1 nitrogen and oxygen atoms in total. The fourth-order valence-corrected chi connectivity index (χ4v) is 4.00. The fourth-order valence-electron chi connectivity index (χ4n) is 4.00. The Hall–Kier alpha value is -2.41. The predicted octanol–water partition coefficient (Wildman–Crippen LogP) is 6.46. The average molecular weight is 327 g/mol. The number of nitrogens with zero attached hydrogens (tertiary/aromatic N) is 1. The molecule has 0 aliphatic heterocycles. The number of hydrogen-bond donors (Lipinski definition) is 0. The van der Waals surface area contributed by atoms with Gasteiger partial charge in [-0.25, -0.2) is 0 Å². The summed E-state index contributed by atoms with van der Waals surface area (Å²) < 4.78 is 0. The van der Waals surface area contributed by atoms with Crippen molar-refractivity contribution in [1.29, 1.82) is 0 Å². The van der Waals surface area contributed by atoms with Gasteiger partial charge in [-0.3, -0.25) is 4.98 Å². The molecule has 126 valence electrons. The summed E-state index contributed by atoms with van der Waals surface area (Å²) in [6.45, 7) is 2.14. The molecule has 0 N–H and O–H groups in total. The zero-order valence-corrected chi connectivity index (χ0v) is 14.9. The lowest BCUT2D eigenvalue weighted by molar-refractivity contribution is 0.546. The van der Waals surface area contributed by atoms with Crippen molar-refractivity contribution in [1.82, 2.24) is 4.98 Å². The van der Waals surface area contributed by atoms with Crippen LogP contribution in [0, 0.1) is 12.8 Å². The molecule has 0 atom stereocenters. The van der Waals surface area contributed by atoms with Crippen LogP contribution in [0.4, 0.5) is 0 Å². The van der Waals surface area contributed by atoms with Crippen molar-refractivity contribution in [3.05, 3.63) is 78.0 Å². The van der Waals surface area contributed by atoms with Gasteiger partial charge < -0.3 is 0 Å². The highest BCUT2D eigenvalue weighted by Crippen LogP contribution is 2.30. The molecule has 25 heavy (non-hydrogen) atoms. The van der Waals surface area contributed by atoms with E-state index in [1.807, 2.05) is 6.20 Å². The summed E-state index contributed by atoms with van der Waals surface area (Å²) in [7, 11) is 0. The Labute approximate surface area is 150 Å². The van der Waals surface area contributed by atoms with Gasteiger partial charge in [0.25, 0.3) is 0 Å². The highest BCUT2D eigenvalue weighted by molar-refractivity contribution is 5.71. The molecule has 4 rings (SSSR count). The Morgan fingerprint density at radius 3 is 2.40 bits per heavy atom. The van der Waals surface area contributed by atoms with Crippen molar-refractivity contribution in [2.75, 3.05) is 0 Å². The first kappa shape index (κ1) is 16.1. The van der Waals surface area contributed by atoms with Crippen molar-refractivity contribution in [2.24, 2.45) is 5.92 Å². The standard InChI is InChI=1S/C24H25N/c1-18-6-2-5-9-23(18)24-17-22(14-15-25-24)21-12-10-20(11-13-21)16-19-7-3-4-8-19/h2,5-6,9-15,17,19H,3-4,7-8,16H2,1H3. The van der Waals surface area contributed by atoms with Gasteiger partial charge in [0.15, 0.2) is 0 Å². The van der Waals surface area contributed by atoms with E-state index in [0.29, 0.717) is 0 Å². The Balaban J connectivity index is 1.57. The minimum absolute atomic E-state index is 0.902. The number of hydrogen-bond acceptors (Lipinski definition) is 1. The van der Waals surface area contributed by atoms with E-state index in [-0.39, 0.29) is 0 Å². The van der Waals surface area contributed by atoms with Crippen LogP contribution >= 0.6 is 0 Å². The second kappa shape index (κ2) is 7.23. The van der Waals surface area contributed by atoms with Gasteiger partial charge in [0.05, 0.1) is 5.69 Å². The van der Waals surface area contributed by atoms with Gasteiger partial charge in [-0.15, -0.1) is 0 Å². The van der Waals surface area contributed by atoms with E-state index in [2.05, 4.69) is 72.6 Å². The van der Waals surface area contributed by atoms with Crippen molar-refractivity contribution in [3.8, 4) is 22.4 Å². The highest BCUT2D eigenvalue weighted by atomic mass is 14.7. The maximum absolute atomic E-state index is 4.58. The molecule has 1 heteroatoms. The molecule has 2 aromatic carbocycles. The third-order valence-electron chi connectivity index (χ3n) is 5.47. The minimum atomic E-state index is 0.902. The Bertz CT molecular complexity index is 842. The number of aryl methyl sites for hydroxylation is 1. The van der Waals surface area contributed by atoms with E-state index in [9.17, 15) is 0 Å². The van der Waals surface area contributed by atoms with Gasteiger partial charge >= 0.3 is 0 Å². The summed E-state index contributed by atoms with van der Waals surface area (Å²) >= 11 is 0. The van der Waals surface area contributed by atoms with Crippen LogP contribution in [0.25, 0.3) is 22.4 Å². The second-order valence-corrected chi connectivity index (χ2v) is 7.30. The van der Waals surface area contributed by atoms with Gasteiger partial charge in [-0.2, -0.15) is 0 Å². The summed E-state index contributed by atoms with van der Waals surface area (Å²) in [4.78, 5) is 4.58. The number of pyridine rings is 1. The molecular formula is C24H25N. The molecule has 0 bridgehead atoms. The van der Waals surface area contributed by atoms with Gasteiger partial charge in [-0.05, 0) is 53.6 Å². The molecule has 1 aliphatic carbocycles. The van der Waals surface area contributed by atoms with E-state index in [0.717, 1.165) is 11.6 Å². The predicted molar refractivity (Wildman–Crippen MR) is 106 cm³/mol. The topological polar surface area (TPSA) is 12.9 Å². The van der Waals surface area contributed by atoms with Crippen molar-refractivity contribution >= 4 is 0 Å². The van der Waals surface area contributed by atoms with Crippen LogP contribution in [0.1, 0.15) is 36.8 Å². The minimum Gasteiger partial charge on any atom is -0.256 e. The third kappa shape index (κ3) is 3.66. The van der Waals surface area contributed by atoms with E-state index in [4.69, 9.17) is 0 Å². The van der Waals surface area contributed by atoms with Gasteiger partial charge in [0.2, 0.25) is 0 Å². The van der Waals surface area contributed by atoms with Crippen molar-refractivity contribution in [2.45, 2.75) is 39.0 Å². The third-order valence-corrected chi connectivity index (χ3v) is 5.47. The SMILES string of the molecule is Cc1ccccc1-c1cc(-c2ccc(CC3CCCC3)cc2)ccn1. The van der Waals surface area contributed by atoms with Crippen molar-refractivity contribution in [3.63, 3.8) is 0 Å². The monoisotopic (exact) mass is 327 g/mol. The van der Waals surface area contributed by atoms with Crippen LogP contribution in [0.15, 0.2) is 66.9 Å².